The normalized spacial score (nSPS) is 11.8. The maximum atomic E-state index is 12.5. The van der Waals surface area contributed by atoms with Crippen LogP contribution in [0.1, 0.15) is 41.6 Å². The van der Waals surface area contributed by atoms with Gasteiger partial charge in [-0.05, 0) is 49.2 Å². The van der Waals surface area contributed by atoms with Gasteiger partial charge in [-0.2, -0.15) is 0 Å². The number of hydrogen-bond donors (Lipinski definition) is 2. The fourth-order valence-corrected chi connectivity index (χ4v) is 3.98. The number of aryl methyl sites for hydroxylation is 1. The van der Waals surface area contributed by atoms with E-state index in [4.69, 9.17) is 23.2 Å². The van der Waals surface area contributed by atoms with Crippen molar-refractivity contribution >= 4 is 52.5 Å². The molecule has 3 aromatic rings. The first-order chi connectivity index (χ1) is 15.3. The van der Waals surface area contributed by atoms with E-state index < -0.39 is 6.04 Å². The molecule has 1 aromatic heterocycles. The second-order valence-electron chi connectivity index (χ2n) is 7.11. The zero-order valence-electron chi connectivity index (χ0n) is 17.9. The Morgan fingerprint density at radius 1 is 1.09 bits per heavy atom. The van der Waals surface area contributed by atoms with Crippen LogP contribution >= 0.6 is 35.0 Å². The van der Waals surface area contributed by atoms with E-state index in [9.17, 15) is 9.59 Å². The number of nitrogens with one attached hydrogen (secondary N) is 2. The molecule has 0 bridgehead atoms. The van der Waals surface area contributed by atoms with Gasteiger partial charge in [0, 0.05) is 18.3 Å². The molecule has 2 aromatic carbocycles. The highest BCUT2D eigenvalue weighted by Crippen LogP contribution is 2.24. The maximum absolute atomic E-state index is 12.5. The van der Waals surface area contributed by atoms with Crippen molar-refractivity contribution in [3.8, 4) is 0 Å². The van der Waals surface area contributed by atoms with Crippen molar-refractivity contribution in [1.82, 2.24) is 20.1 Å². The number of hydrogen-bond acceptors (Lipinski definition) is 5. The Balaban J connectivity index is 1.57. The predicted molar refractivity (Wildman–Crippen MR) is 129 cm³/mol. The molecule has 10 heteroatoms. The monoisotopic (exact) mass is 491 g/mol. The molecule has 7 nitrogen and oxygen atoms in total. The molecule has 0 saturated heterocycles. The van der Waals surface area contributed by atoms with Gasteiger partial charge in [-0.25, -0.2) is 0 Å². The van der Waals surface area contributed by atoms with E-state index in [2.05, 4.69) is 27.8 Å². The van der Waals surface area contributed by atoms with Gasteiger partial charge in [0.05, 0.1) is 21.8 Å². The van der Waals surface area contributed by atoms with Gasteiger partial charge in [0.25, 0.3) is 5.91 Å². The Kier molecular flexibility index (Phi) is 8.17. The van der Waals surface area contributed by atoms with Crippen LogP contribution in [-0.2, 0) is 18.3 Å². The number of benzene rings is 2. The summed E-state index contributed by atoms with van der Waals surface area (Å²) in [5.74, 6) is 0.314. The molecule has 2 amide bonds. The smallest absolute Gasteiger partial charge is 0.251 e. The lowest BCUT2D eigenvalue weighted by Crippen LogP contribution is -2.28. The number of halogens is 2. The van der Waals surface area contributed by atoms with Gasteiger partial charge in [0.1, 0.15) is 0 Å². The third-order valence-corrected chi connectivity index (χ3v) is 6.52. The largest absolute Gasteiger partial charge is 0.342 e. The highest BCUT2D eigenvalue weighted by Gasteiger charge is 2.19. The molecule has 0 fully saturated rings. The highest BCUT2D eigenvalue weighted by atomic mass is 35.5. The molecule has 1 atom stereocenters. The van der Waals surface area contributed by atoms with Gasteiger partial charge >= 0.3 is 0 Å². The second-order valence-corrected chi connectivity index (χ2v) is 8.87. The SMILES string of the molecule is CCc1ccc(NC(=O)CSc2nnc(C(C)NC(=O)c3ccc(Cl)c(Cl)c3)n2C)cc1. The lowest BCUT2D eigenvalue weighted by molar-refractivity contribution is -0.113. The first-order valence-electron chi connectivity index (χ1n) is 9.95. The predicted octanol–water partition coefficient (Wildman–Crippen LogP) is 4.91. The molecule has 0 aliphatic rings. The van der Waals surface area contributed by atoms with Gasteiger partial charge in [-0.15, -0.1) is 10.2 Å². The summed E-state index contributed by atoms with van der Waals surface area (Å²) in [5, 5.41) is 15.3. The van der Waals surface area contributed by atoms with Crippen LogP contribution < -0.4 is 10.6 Å². The molecule has 1 unspecified atom stereocenters. The summed E-state index contributed by atoms with van der Waals surface area (Å²) in [4.78, 5) is 24.8. The summed E-state index contributed by atoms with van der Waals surface area (Å²) >= 11 is 13.2. The van der Waals surface area contributed by atoms with E-state index in [1.807, 2.05) is 24.3 Å². The van der Waals surface area contributed by atoms with Crippen molar-refractivity contribution < 1.29 is 9.59 Å². The third-order valence-electron chi connectivity index (χ3n) is 4.76. The summed E-state index contributed by atoms with van der Waals surface area (Å²) in [7, 11) is 1.79. The van der Waals surface area contributed by atoms with Gasteiger partial charge in [0.15, 0.2) is 11.0 Å². The van der Waals surface area contributed by atoms with Crippen LogP contribution in [0.2, 0.25) is 10.0 Å². The van der Waals surface area contributed by atoms with Gasteiger partial charge in [-0.3, -0.25) is 9.59 Å². The fourth-order valence-electron chi connectivity index (χ4n) is 2.96. The average Bonchev–Trinajstić information content (AvgIpc) is 3.15. The zero-order chi connectivity index (χ0) is 23.3. The Bertz CT molecular complexity index is 1120. The fraction of sp³-hybridized carbons (Fsp3) is 0.273. The Hall–Kier alpha value is -2.55. The Morgan fingerprint density at radius 3 is 2.47 bits per heavy atom. The minimum Gasteiger partial charge on any atom is -0.342 e. The van der Waals surface area contributed by atoms with Crippen molar-refractivity contribution in [2.24, 2.45) is 7.05 Å². The number of anilines is 1. The molecule has 168 valence electrons. The molecule has 0 aliphatic heterocycles. The molecule has 3 rings (SSSR count). The average molecular weight is 492 g/mol. The van der Waals surface area contributed by atoms with Crippen LogP contribution in [0.15, 0.2) is 47.6 Å². The van der Waals surface area contributed by atoms with Crippen molar-refractivity contribution in [3.63, 3.8) is 0 Å². The van der Waals surface area contributed by atoms with E-state index in [-0.39, 0.29) is 17.6 Å². The Morgan fingerprint density at radius 2 is 1.81 bits per heavy atom. The van der Waals surface area contributed by atoms with Crippen LogP contribution in [0.4, 0.5) is 5.69 Å². The van der Waals surface area contributed by atoms with E-state index >= 15 is 0 Å². The summed E-state index contributed by atoms with van der Waals surface area (Å²) in [5.41, 5.74) is 2.36. The molecule has 0 aliphatic carbocycles. The van der Waals surface area contributed by atoms with E-state index in [0.717, 1.165) is 12.1 Å². The summed E-state index contributed by atoms with van der Waals surface area (Å²) in [6, 6.07) is 12.0. The minimum atomic E-state index is -0.408. The zero-order valence-corrected chi connectivity index (χ0v) is 20.2. The van der Waals surface area contributed by atoms with E-state index in [1.54, 1.807) is 30.7 Å². The van der Waals surface area contributed by atoms with Crippen molar-refractivity contribution in [2.45, 2.75) is 31.5 Å². The van der Waals surface area contributed by atoms with Crippen molar-refractivity contribution in [2.75, 3.05) is 11.1 Å². The number of rotatable bonds is 8. The number of carbonyl (C=O) groups is 2. The van der Waals surface area contributed by atoms with Crippen molar-refractivity contribution in [1.29, 1.82) is 0 Å². The molecule has 0 radical (unpaired) electrons. The lowest BCUT2D eigenvalue weighted by atomic mass is 10.1. The number of aromatic nitrogens is 3. The molecule has 0 saturated carbocycles. The van der Waals surface area contributed by atoms with Gasteiger partial charge < -0.3 is 15.2 Å². The molecule has 1 heterocycles. The standard InChI is InChI=1S/C22H23Cl2N5O2S/c1-4-14-5-8-16(9-6-14)26-19(30)12-32-22-28-27-20(29(22)3)13(2)25-21(31)15-7-10-17(23)18(24)11-15/h5-11,13H,4,12H2,1-3H3,(H,25,31)(H,26,30). The van der Waals surface area contributed by atoms with E-state index in [1.165, 1.54) is 23.4 Å². The Labute approximate surface area is 200 Å². The molecular weight excluding hydrogens is 469 g/mol. The highest BCUT2D eigenvalue weighted by molar-refractivity contribution is 7.99. The van der Waals surface area contributed by atoms with E-state index in [0.29, 0.717) is 26.6 Å². The lowest BCUT2D eigenvalue weighted by Gasteiger charge is -2.14. The van der Waals surface area contributed by atoms with Crippen LogP contribution in [-0.4, -0.2) is 32.3 Å². The number of nitrogens with zero attached hydrogens (tertiary/aromatic N) is 3. The summed E-state index contributed by atoms with van der Waals surface area (Å²) in [6.45, 7) is 3.89. The molecule has 32 heavy (non-hydrogen) atoms. The van der Waals surface area contributed by atoms with Crippen LogP contribution in [0.5, 0.6) is 0 Å². The summed E-state index contributed by atoms with van der Waals surface area (Å²) < 4.78 is 1.76. The van der Waals surface area contributed by atoms with Crippen LogP contribution in [0.25, 0.3) is 0 Å². The minimum absolute atomic E-state index is 0.134. The maximum Gasteiger partial charge on any atom is 0.251 e. The number of thioether (sulfide) groups is 1. The van der Waals surface area contributed by atoms with Crippen LogP contribution in [0, 0.1) is 0 Å². The molecular formula is C22H23Cl2N5O2S. The first-order valence-corrected chi connectivity index (χ1v) is 11.7. The second kappa shape index (κ2) is 10.8. The summed E-state index contributed by atoms with van der Waals surface area (Å²) in [6.07, 6.45) is 0.949. The molecule has 2 N–H and O–H groups in total. The van der Waals surface area contributed by atoms with Crippen molar-refractivity contribution in [3.05, 3.63) is 69.5 Å². The van der Waals surface area contributed by atoms with Gasteiger partial charge in [-0.1, -0.05) is 54.0 Å². The number of amides is 2. The molecule has 0 spiro atoms. The third kappa shape index (κ3) is 6.03. The first kappa shape index (κ1) is 24.1. The number of carbonyl (C=O) groups excluding carboxylic acids is 2. The topological polar surface area (TPSA) is 88.9 Å². The quantitative estimate of drug-likeness (QED) is 0.437. The van der Waals surface area contributed by atoms with Crippen LogP contribution in [0.3, 0.4) is 0 Å². The van der Waals surface area contributed by atoms with Gasteiger partial charge in [0.2, 0.25) is 5.91 Å².